The molecule has 2 rings (SSSR count). The normalized spacial score (nSPS) is 19.6. The predicted molar refractivity (Wildman–Crippen MR) is 224 cm³/mol. The van der Waals surface area contributed by atoms with E-state index < -0.39 is 83.7 Å². The Bertz CT molecular complexity index is 1500. The fraction of sp³-hybridized carbons (Fsp3) is 0.850. The molecule has 1 saturated heterocycles. The molecule has 348 valence electrons. The number of nitrogens with two attached hydrogens (primary N) is 1. The minimum absolute atomic E-state index is 0.0420. The lowest BCUT2D eigenvalue weighted by atomic mass is 10.1. The van der Waals surface area contributed by atoms with Crippen LogP contribution in [0.5, 0.6) is 0 Å². The molecule has 0 radical (unpaired) electrons. The summed E-state index contributed by atoms with van der Waals surface area (Å²) in [6.45, 7) is 2.13. The fourth-order valence-corrected chi connectivity index (χ4v) is 8.93. The molecular weight excluding hydrogens is 824 g/mol. The first-order chi connectivity index (χ1) is 28.7. The Morgan fingerprint density at radius 2 is 1.23 bits per heavy atom. The number of anilines is 1. The van der Waals surface area contributed by atoms with E-state index in [0.717, 1.165) is 55.9 Å². The van der Waals surface area contributed by atoms with Gasteiger partial charge in [0.25, 0.3) is 0 Å². The third-order valence-corrected chi connectivity index (χ3v) is 12.8. The van der Waals surface area contributed by atoms with Crippen LogP contribution in [0.2, 0.25) is 0 Å². The molecule has 18 nitrogen and oxygen atoms in total. The van der Waals surface area contributed by atoms with E-state index in [4.69, 9.17) is 29.0 Å². The van der Waals surface area contributed by atoms with Crippen molar-refractivity contribution in [2.75, 3.05) is 25.6 Å². The SMILES string of the molecule is CCCCCCCCCCCCCC(=O)OC[C@H](COP(=O)(OC[C@H]1O[C@@H](n2ccc(N)nc2=O)[C@H](O)[C@@H]1O)OP(=O)(O)O)OC(=O)CCCCCCCCCCCCC. The van der Waals surface area contributed by atoms with Gasteiger partial charge in [-0.2, -0.15) is 9.29 Å². The number of phosphoric acid groups is 2. The maximum Gasteiger partial charge on any atom is 0.483 e. The second kappa shape index (κ2) is 30.7. The van der Waals surface area contributed by atoms with Crippen LogP contribution in [0.3, 0.4) is 0 Å². The number of nitrogen functional groups attached to an aromatic ring is 1. The average molecular weight is 898 g/mol. The Kier molecular flexibility index (Phi) is 27.6. The van der Waals surface area contributed by atoms with Gasteiger partial charge in [-0.3, -0.25) is 23.2 Å². The molecule has 0 aliphatic carbocycles. The minimum atomic E-state index is -5.56. The van der Waals surface area contributed by atoms with Gasteiger partial charge in [0.05, 0.1) is 13.2 Å². The highest BCUT2D eigenvalue weighted by atomic mass is 31.3. The molecule has 0 amide bonds. The summed E-state index contributed by atoms with van der Waals surface area (Å²) in [5.41, 5.74) is 4.61. The number of nitrogens with zero attached hydrogens (tertiary/aromatic N) is 2. The third-order valence-electron chi connectivity index (χ3n) is 10.2. The van der Waals surface area contributed by atoms with E-state index >= 15 is 0 Å². The van der Waals surface area contributed by atoms with Crippen LogP contribution in [0, 0.1) is 0 Å². The van der Waals surface area contributed by atoms with Crippen molar-refractivity contribution in [2.45, 2.75) is 199 Å². The number of phosphoric ester groups is 1. The number of esters is 2. The first-order valence-electron chi connectivity index (χ1n) is 22.0. The Labute approximate surface area is 355 Å². The molecule has 0 bridgehead atoms. The lowest BCUT2D eigenvalue weighted by Crippen LogP contribution is -2.36. The first-order valence-corrected chi connectivity index (χ1v) is 25.0. The standard InChI is InChI=1S/C40H73N3O15P2/c1-3-5-7-9-11-13-15-17-19-21-23-25-35(44)53-29-32(56-36(45)26-24-22-20-18-16-14-12-10-8-6-4-2)30-54-60(52,58-59(49,50)51)55-31-33-37(46)38(47)39(57-33)43-28-27-34(41)42-40(43)48/h27-28,32-33,37-39,46-47H,3-26,29-31H2,1-2H3,(H2,41,42,48)(H2,49,50,51)/t32-,33-,37-,38-,39-,60?/m1/s1. The number of aliphatic hydroxyl groups is 2. The molecule has 1 aliphatic heterocycles. The van der Waals surface area contributed by atoms with Gasteiger partial charge in [0, 0.05) is 19.0 Å². The zero-order chi connectivity index (χ0) is 44.2. The fourth-order valence-electron chi connectivity index (χ4n) is 6.76. The van der Waals surface area contributed by atoms with Crippen molar-refractivity contribution in [3.63, 3.8) is 0 Å². The van der Waals surface area contributed by atoms with Gasteiger partial charge in [0.2, 0.25) is 0 Å². The van der Waals surface area contributed by atoms with Gasteiger partial charge in [-0.05, 0) is 18.9 Å². The highest BCUT2D eigenvalue weighted by molar-refractivity contribution is 7.61. The number of carbonyl (C=O) groups is 2. The molecule has 60 heavy (non-hydrogen) atoms. The van der Waals surface area contributed by atoms with Crippen LogP contribution < -0.4 is 11.4 Å². The molecule has 6 N–H and O–H groups in total. The molecule has 20 heteroatoms. The monoisotopic (exact) mass is 897 g/mol. The lowest BCUT2D eigenvalue weighted by molar-refractivity contribution is -0.161. The summed E-state index contributed by atoms with van der Waals surface area (Å²) in [4.78, 5) is 60.4. The van der Waals surface area contributed by atoms with Crippen LogP contribution in [-0.2, 0) is 46.3 Å². The maximum atomic E-state index is 13.6. The van der Waals surface area contributed by atoms with Crippen molar-refractivity contribution in [1.29, 1.82) is 0 Å². The largest absolute Gasteiger partial charge is 0.483 e. The Balaban J connectivity index is 1.96. The number of hydrogen-bond donors (Lipinski definition) is 5. The van der Waals surface area contributed by atoms with Gasteiger partial charge < -0.3 is 39.9 Å². The summed E-state index contributed by atoms with van der Waals surface area (Å²) in [5, 5.41) is 21.2. The Morgan fingerprint density at radius 1 is 0.750 bits per heavy atom. The van der Waals surface area contributed by atoms with E-state index in [9.17, 15) is 43.5 Å². The van der Waals surface area contributed by atoms with Crippen molar-refractivity contribution >= 4 is 33.4 Å². The van der Waals surface area contributed by atoms with E-state index in [1.54, 1.807) is 0 Å². The second-order valence-electron chi connectivity index (χ2n) is 15.6. The van der Waals surface area contributed by atoms with Crippen LogP contribution in [0.4, 0.5) is 5.82 Å². The van der Waals surface area contributed by atoms with Crippen molar-refractivity contribution in [3.05, 3.63) is 22.7 Å². The topological polar surface area (TPSA) is 265 Å². The summed E-state index contributed by atoms with van der Waals surface area (Å²) in [7, 11) is -10.8. The molecule has 6 atom stereocenters. The van der Waals surface area contributed by atoms with E-state index in [1.807, 2.05) is 0 Å². The first kappa shape index (κ1) is 53.9. The summed E-state index contributed by atoms with van der Waals surface area (Å²) < 4.78 is 57.4. The number of aromatic nitrogens is 2. The zero-order valence-electron chi connectivity index (χ0n) is 35.8. The second-order valence-corrected chi connectivity index (χ2v) is 18.6. The number of unbranched alkanes of at least 4 members (excludes halogenated alkanes) is 20. The summed E-state index contributed by atoms with van der Waals surface area (Å²) in [5.74, 6) is -1.31. The Hall–Kier alpha value is -2.24. The molecule has 1 aromatic heterocycles. The molecule has 0 aromatic carbocycles. The quantitative estimate of drug-likeness (QED) is 0.0247. The molecule has 1 aliphatic rings. The third kappa shape index (κ3) is 23.8. The molecule has 0 saturated carbocycles. The minimum Gasteiger partial charge on any atom is -0.462 e. The van der Waals surface area contributed by atoms with Gasteiger partial charge in [0.15, 0.2) is 12.3 Å². The van der Waals surface area contributed by atoms with Crippen LogP contribution in [-0.4, -0.2) is 85.7 Å². The van der Waals surface area contributed by atoms with Crippen LogP contribution in [0.15, 0.2) is 17.1 Å². The molecule has 2 heterocycles. The van der Waals surface area contributed by atoms with Crippen LogP contribution >= 0.6 is 15.6 Å². The maximum absolute atomic E-state index is 13.6. The van der Waals surface area contributed by atoms with E-state index in [2.05, 4.69) is 23.1 Å². The Morgan fingerprint density at radius 3 is 1.72 bits per heavy atom. The molecule has 0 spiro atoms. The molecule has 1 aromatic rings. The van der Waals surface area contributed by atoms with E-state index in [1.165, 1.54) is 89.3 Å². The number of carbonyl (C=O) groups excluding carboxylic acids is 2. The number of rotatable bonds is 36. The van der Waals surface area contributed by atoms with Crippen molar-refractivity contribution in [1.82, 2.24) is 9.55 Å². The molecule has 1 fully saturated rings. The average Bonchev–Trinajstić information content (AvgIpc) is 3.47. The molecular formula is C40H73N3O15P2. The number of aliphatic hydroxyl groups excluding tert-OH is 2. The highest BCUT2D eigenvalue weighted by Crippen LogP contribution is 2.61. The van der Waals surface area contributed by atoms with Crippen molar-refractivity contribution in [2.24, 2.45) is 0 Å². The summed E-state index contributed by atoms with van der Waals surface area (Å²) in [6.07, 6.45) is 17.6. The van der Waals surface area contributed by atoms with Gasteiger partial charge >= 0.3 is 33.3 Å². The van der Waals surface area contributed by atoms with Crippen LogP contribution in [0.1, 0.15) is 174 Å². The predicted octanol–water partition coefficient (Wildman–Crippen LogP) is 7.55. The summed E-state index contributed by atoms with van der Waals surface area (Å²) >= 11 is 0. The number of hydrogen-bond acceptors (Lipinski definition) is 15. The van der Waals surface area contributed by atoms with Crippen molar-refractivity contribution in [3.8, 4) is 0 Å². The zero-order valence-corrected chi connectivity index (χ0v) is 37.6. The highest BCUT2D eigenvalue weighted by Gasteiger charge is 2.46. The van der Waals surface area contributed by atoms with Gasteiger partial charge in [-0.15, -0.1) is 0 Å². The van der Waals surface area contributed by atoms with Gasteiger partial charge in [0.1, 0.15) is 30.7 Å². The lowest BCUT2D eigenvalue weighted by Gasteiger charge is -2.23. The molecule has 1 unspecified atom stereocenters. The number of ether oxygens (including phenoxy) is 3. The van der Waals surface area contributed by atoms with Crippen LogP contribution in [0.25, 0.3) is 0 Å². The van der Waals surface area contributed by atoms with Crippen molar-refractivity contribution < 1.29 is 66.3 Å². The van der Waals surface area contributed by atoms with E-state index in [-0.39, 0.29) is 18.7 Å². The van der Waals surface area contributed by atoms with Gasteiger partial charge in [-0.25, -0.2) is 13.9 Å². The smallest absolute Gasteiger partial charge is 0.462 e. The van der Waals surface area contributed by atoms with E-state index in [0.29, 0.717) is 12.8 Å². The summed E-state index contributed by atoms with van der Waals surface area (Å²) in [6, 6.07) is 1.25. The van der Waals surface area contributed by atoms with Gasteiger partial charge in [-0.1, -0.05) is 142 Å².